The first kappa shape index (κ1) is 25.3. The first-order chi connectivity index (χ1) is 13.4. The lowest BCUT2D eigenvalue weighted by atomic mass is 9.94. The van der Waals surface area contributed by atoms with Gasteiger partial charge in [0.25, 0.3) is 0 Å². The van der Waals surface area contributed by atoms with Crippen molar-refractivity contribution in [1.29, 1.82) is 0 Å². The second-order valence-corrected chi connectivity index (χ2v) is 8.05. The molecule has 0 aromatic rings. The standard InChI is InChI=1S/C21H42N2O5/c1-4-6-8-9-11-13-16(12-10-7-5-2)23-21-18(22-15(3)25)20(27)19(26)17(14-24)28-21/h16-21,23-24,26-27H,4-14H2,1-3H3,(H,22,25). The molecule has 0 bridgehead atoms. The Balaban J connectivity index is 2.75. The Morgan fingerprint density at radius 2 is 1.54 bits per heavy atom. The van der Waals surface area contributed by atoms with E-state index in [0.29, 0.717) is 0 Å². The Kier molecular flexibility index (Phi) is 12.9. The van der Waals surface area contributed by atoms with E-state index in [4.69, 9.17) is 4.74 Å². The zero-order chi connectivity index (χ0) is 20.9. The van der Waals surface area contributed by atoms with Crippen LogP contribution in [0.1, 0.15) is 85.0 Å². The van der Waals surface area contributed by atoms with Crippen LogP contribution in [0.3, 0.4) is 0 Å². The predicted molar refractivity (Wildman–Crippen MR) is 110 cm³/mol. The van der Waals surface area contributed by atoms with Gasteiger partial charge in [-0.05, 0) is 12.8 Å². The minimum absolute atomic E-state index is 0.205. The summed E-state index contributed by atoms with van der Waals surface area (Å²) in [6.07, 6.45) is 7.47. The first-order valence-electron chi connectivity index (χ1n) is 11.1. The molecule has 0 aliphatic carbocycles. The van der Waals surface area contributed by atoms with Crippen LogP contribution >= 0.6 is 0 Å². The van der Waals surface area contributed by atoms with Gasteiger partial charge in [-0.3, -0.25) is 10.1 Å². The minimum atomic E-state index is -1.24. The van der Waals surface area contributed by atoms with Crippen molar-refractivity contribution in [2.75, 3.05) is 6.61 Å². The van der Waals surface area contributed by atoms with Crippen LogP contribution in [0.5, 0.6) is 0 Å². The van der Waals surface area contributed by atoms with Gasteiger partial charge >= 0.3 is 0 Å². The van der Waals surface area contributed by atoms with Gasteiger partial charge in [-0.1, -0.05) is 65.2 Å². The van der Waals surface area contributed by atoms with Crippen LogP contribution in [0.4, 0.5) is 0 Å². The van der Waals surface area contributed by atoms with Crippen LogP contribution in [-0.2, 0) is 9.53 Å². The average molecular weight is 403 g/mol. The van der Waals surface area contributed by atoms with Crippen LogP contribution in [0.15, 0.2) is 0 Å². The van der Waals surface area contributed by atoms with Crippen LogP contribution in [0.25, 0.3) is 0 Å². The molecule has 0 aromatic heterocycles. The number of carbonyl (C=O) groups is 1. The number of rotatable bonds is 14. The fourth-order valence-electron chi connectivity index (χ4n) is 3.83. The molecule has 28 heavy (non-hydrogen) atoms. The van der Waals surface area contributed by atoms with Crippen molar-refractivity contribution >= 4 is 5.91 Å². The molecule has 7 heteroatoms. The van der Waals surface area contributed by atoms with E-state index in [1.54, 1.807) is 0 Å². The van der Waals surface area contributed by atoms with Gasteiger partial charge < -0.3 is 25.4 Å². The summed E-state index contributed by atoms with van der Waals surface area (Å²) in [5.74, 6) is -0.295. The fraction of sp³-hybridized carbons (Fsp3) is 0.952. The van der Waals surface area contributed by atoms with Crippen molar-refractivity contribution in [2.24, 2.45) is 0 Å². The third kappa shape index (κ3) is 8.74. The van der Waals surface area contributed by atoms with E-state index in [1.807, 2.05) is 0 Å². The van der Waals surface area contributed by atoms with E-state index < -0.39 is 30.6 Å². The molecule has 1 fully saturated rings. The smallest absolute Gasteiger partial charge is 0.217 e. The lowest BCUT2D eigenvalue weighted by Gasteiger charge is -2.44. The zero-order valence-electron chi connectivity index (χ0n) is 17.9. The number of hydrogen-bond donors (Lipinski definition) is 5. The highest BCUT2D eigenvalue weighted by atomic mass is 16.5. The summed E-state index contributed by atoms with van der Waals surface area (Å²) in [7, 11) is 0. The van der Waals surface area contributed by atoms with Crippen LogP contribution in [-0.4, -0.2) is 64.5 Å². The second kappa shape index (κ2) is 14.3. The Labute approximate surface area is 170 Å². The van der Waals surface area contributed by atoms with Gasteiger partial charge in [-0.15, -0.1) is 0 Å². The molecule has 1 amide bonds. The SMILES string of the molecule is CCCCCCCC(CCCCC)NC1OC(CO)C(O)C(O)C1NC(C)=O. The van der Waals surface area contributed by atoms with E-state index in [2.05, 4.69) is 24.5 Å². The molecule has 1 heterocycles. The number of hydrogen-bond acceptors (Lipinski definition) is 6. The maximum absolute atomic E-state index is 11.6. The monoisotopic (exact) mass is 402 g/mol. The van der Waals surface area contributed by atoms with Crippen molar-refractivity contribution in [3.63, 3.8) is 0 Å². The normalized spacial score (nSPS) is 28.9. The summed E-state index contributed by atoms with van der Waals surface area (Å²) < 4.78 is 5.83. The van der Waals surface area contributed by atoms with Gasteiger partial charge in [0.05, 0.1) is 12.6 Å². The van der Waals surface area contributed by atoms with Gasteiger partial charge in [0, 0.05) is 13.0 Å². The molecule has 0 saturated carbocycles. The van der Waals surface area contributed by atoms with Gasteiger partial charge in [0.1, 0.15) is 24.5 Å². The van der Waals surface area contributed by atoms with Crippen molar-refractivity contribution in [2.45, 2.75) is 122 Å². The van der Waals surface area contributed by atoms with Crippen LogP contribution < -0.4 is 10.6 Å². The van der Waals surface area contributed by atoms with Gasteiger partial charge in [0.15, 0.2) is 0 Å². The molecule has 166 valence electrons. The number of carbonyl (C=O) groups excluding carboxylic acids is 1. The van der Waals surface area contributed by atoms with Crippen LogP contribution in [0, 0.1) is 0 Å². The third-order valence-electron chi connectivity index (χ3n) is 5.51. The van der Waals surface area contributed by atoms with Crippen molar-refractivity contribution < 1.29 is 24.9 Å². The second-order valence-electron chi connectivity index (χ2n) is 8.05. The summed E-state index contributed by atoms with van der Waals surface area (Å²) >= 11 is 0. The number of unbranched alkanes of at least 4 members (excludes halogenated alkanes) is 6. The van der Waals surface area contributed by atoms with E-state index in [-0.39, 0.29) is 18.6 Å². The maximum atomic E-state index is 11.6. The Hall–Kier alpha value is -0.730. The molecule has 0 aromatic carbocycles. The molecule has 6 unspecified atom stereocenters. The van der Waals surface area contributed by atoms with Crippen molar-refractivity contribution in [3.05, 3.63) is 0 Å². The van der Waals surface area contributed by atoms with Crippen molar-refractivity contribution in [3.8, 4) is 0 Å². The number of aliphatic hydroxyl groups excluding tert-OH is 3. The van der Waals surface area contributed by atoms with E-state index in [1.165, 1.54) is 32.6 Å². The predicted octanol–water partition coefficient (Wildman–Crippen LogP) is 1.83. The van der Waals surface area contributed by atoms with E-state index in [9.17, 15) is 20.1 Å². The number of nitrogens with one attached hydrogen (secondary N) is 2. The Bertz CT molecular complexity index is 424. The topological polar surface area (TPSA) is 111 Å². The quantitative estimate of drug-likeness (QED) is 0.284. The maximum Gasteiger partial charge on any atom is 0.217 e. The fourth-order valence-corrected chi connectivity index (χ4v) is 3.83. The summed E-state index contributed by atoms with van der Waals surface area (Å²) in [5.41, 5.74) is 0. The highest BCUT2D eigenvalue weighted by molar-refractivity contribution is 5.73. The Morgan fingerprint density at radius 1 is 0.964 bits per heavy atom. The van der Waals surface area contributed by atoms with Crippen LogP contribution in [0.2, 0.25) is 0 Å². The van der Waals surface area contributed by atoms with Gasteiger partial charge in [0.2, 0.25) is 5.91 Å². The molecule has 1 aliphatic heterocycles. The minimum Gasteiger partial charge on any atom is -0.394 e. The summed E-state index contributed by atoms with van der Waals surface area (Å²) in [5, 5.41) is 36.3. The highest BCUT2D eigenvalue weighted by Crippen LogP contribution is 2.22. The summed E-state index contributed by atoms with van der Waals surface area (Å²) in [6.45, 7) is 5.37. The molecule has 0 radical (unpaired) electrons. The van der Waals surface area contributed by atoms with E-state index in [0.717, 1.165) is 38.5 Å². The highest BCUT2D eigenvalue weighted by Gasteiger charge is 2.45. The molecule has 6 atom stereocenters. The lowest BCUT2D eigenvalue weighted by molar-refractivity contribution is -0.204. The third-order valence-corrected chi connectivity index (χ3v) is 5.51. The van der Waals surface area contributed by atoms with E-state index >= 15 is 0 Å². The summed E-state index contributed by atoms with van der Waals surface area (Å²) in [4.78, 5) is 11.6. The lowest BCUT2D eigenvalue weighted by Crippen LogP contribution is -2.68. The molecule has 5 N–H and O–H groups in total. The first-order valence-corrected chi connectivity index (χ1v) is 11.1. The molecule has 1 aliphatic rings. The number of aliphatic hydroxyl groups is 3. The molecule has 1 saturated heterocycles. The van der Waals surface area contributed by atoms with Gasteiger partial charge in [-0.2, -0.15) is 0 Å². The molecule has 1 rings (SSSR count). The largest absolute Gasteiger partial charge is 0.394 e. The Morgan fingerprint density at radius 3 is 2.11 bits per heavy atom. The van der Waals surface area contributed by atoms with Gasteiger partial charge in [-0.25, -0.2) is 0 Å². The molecule has 7 nitrogen and oxygen atoms in total. The average Bonchev–Trinajstić information content (AvgIpc) is 2.66. The van der Waals surface area contributed by atoms with Crippen molar-refractivity contribution in [1.82, 2.24) is 10.6 Å². The molecular formula is C21H42N2O5. The summed E-state index contributed by atoms with van der Waals surface area (Å²) in [6, 6.07) is -0.555. The molecule has 0 spiro atoms. The zero-order valence-corrected chi connectivity index (χ0v) is 17.9. The molecular weight excluding hydrogens is 360 g/mol. The number of amides is 1. The number of ether oxygens (including phenoxy) is 1.